The topological polar surface area (TPSA) is 100 Å². The van der Waals surface area contributed by atoms with Gasteiger partial charge in [0.25, 0.3) is 5.56 Å². The quantitative estimate of drug-likeness (QED) is 0.782. The zero-order valence-electron chi connectivity index (χ0n) is 13.2. The largest absolute Gasteiger partial charge is 0.481 e. The van der Waals surface area contributed by atoms with Crippen LogP contribution >= 0.6 is 0 Å². The van der Waals surface area contributed by atoms with E-state index in [-0.39, 0.29) is 17.5 Å². The first-order valence-electron chi connectivity index (χ1n) is 7.37. The van der Waals surface area contributed by atoms with E-state index >= 15 is 0 Å². The van der Waals surface area contributed by atoms with Gasteiger partial charge in [0.1, 0.15) is 12.0 Å². The number of ether oxygens (including phenoxy) is 1. The number of amides is 1. The molecule has 0 atom stereocenters. The van der Waals surface area contributed by atoms with Crippen molar-refractivity contribution in [3.8, 4) is 17.1 Å². The Labute approximate surface area is 138 Å². The second kappa shape index (κ2) is 6.53. The van der Waals surface area contributed by atoms with Crippen LogP contribution in [0.4, 0.5) is 5.69 Å². The first kappa shape index (κ1) is 15.7. The van der Waals surface area contributed by atoms with Gasteiger partial charge >= 0.3 is 0 Å². The van der Waals surface area contributed by atoms with E-state index < -0.39 is 0 Å². The van der Waals surface area contributed by atoms with Crippen LogP contribution in [0.2, 0.25) is 0 Å². The molecule has 3 rings (SSSR count). The van der Waals surface area contributed by atoms with Crippen LogP contribution in [0.5, 0.6) is 5.88 Å². The van der Waals surface area contributed by atoms with Gasteiger partial charge < -0.3 is 19.9 Å². The predicted octanol–water partition coefficient (Wildman–Crippen LogP) is 0.649. The number of rotatable bonds is 5. The first-order chi connectivity index (χ1) is 11.6. The molecule has 0 unspecified atom stereocenters. The zero-order valence-corrected chi connectivity index (χ0v) is 13.2. The fourth-order valence-electron chi connectivity index (χ4n) is 2.45. The number of likely N-dealkylation sites (tertiary alicyclic amines) is 1. The van der Waals surface area contributed by atoms with Crippen LogP contribution in [-0.4, -0.2) is 52.0 Å². The lowest BCUT2D eigenvalue weighted by molar-refractivity contribution is -0.129. The third kappa shape index (κ3) is 3.12. The van der Waals surface area contributed by atoms with Crippen molar-refractivity contribution < 1.29 is 9.53 Å². The first-order valence-corrected chi connectivity index (χ1v) is 7.37. The minimum atomic E-state index is -0.228. The molecule has 1 saturated heterocycles. The minimum Gasteiger partial charge on any atom is -0.481 e. The van der Waals surface area contributed by atoms with Crippen LogP contribution in [-0.2, 0) is 4.79 Å². The Bertz CT molecular complexity index is 826. The number of hydrogen-bond donors (Lipinski definition) is 2. The molecule has 0 aromatic carbocycles. The van der Waals surface area contributed by atoms with Crippen molar-refractivity contribution in [2.75, 3.05) is 25.5 Å². The zero-order chi connectivity index (χ0) is 17.1. The molecule has 2 aromatic rings. The molecule has 8 nitrogen and oxygen atoms in total. The summed E-state index contributed by atoms with van der Waals surface area (Å²) in [5.41, 5.74) is 1.57. The number of carbonyl (C=O) groups excluding carboxylic acids is 1. The van der Waals surface area contributed by atoms with E-state index in [1.165, 1.54) is 19.5 Å². The summed E-state index contributed by atoms with van der Waals surface area (Å²) in [6, 6.07) is 3.44. The Hall–Kier alpha value is -3.16. The number of carbonyl (C=O) groups is 1. The fraction of sp³-hybridized carbons (Fsp3) is 0.250. The van der Waals surface area contributed by atoms with Crippen molar-refractivity contribution in [1.29, 1.82) is 0 Å². The monoisotopic (exact) mass is 327 g/mol. The maximum absolute atomic E-state index is 12.0. The van der Waals surface area contributed by atoms with E-state index in [0.29, 0.717) is 30.4 Å². The Balaban J connectivity index is 1.76. The van der Waals surface area contributed by atoms with Gasteiger partial charge in [-0.2, -0.15) is 0 Å². The van der Waals surface area contributed by atoms with Gasteiger partial charge in [-0.3, -0.25) is 9.59 Å². The van der Waals surface area contributed by atoms with Gasteiger partial charge in [-0.15, -0.1) is 0 Å². The molecule has 8 heteroatoms. The highest BCUT2D eigenvalue weighted by atomic mass is 16.5. The number of anilines is 1. The molecular formula is C16H17N5O3. The van der Waals surface area contributed by atoms with E-state index in [2.05, 4.69) is 26.8 Å². The molecule has 2 aromatic heterocycles. The van der Waals surface area contributed by atoms with E-state index in [1.807, 2.05) is 0 Å². The molecule has 24 heavy (non-hydrogen) atoms. The van der Waals surface area contributed by atoms with Gasteiger partial charge in [-0.05, 0) is 12.1 Å². The lowest BCUT2D eigenvalue weighted by atomic mass is 10.1. The highest BCUT2D eigenvalue weighted by Gasteiger charge is 2.29. The Kier molecular flexibility index (Phi) is 4.28. The third-order valence-electron chi connectivity index (χ3n) is 3.78. The molecule has 2 N–H and O–H groups in total. The Morgan fingerprint density at radius 1 is 1.46 bits per heavy atom. The molecule has 1 aliphatic rings. The SMILES string of the molecule is C=CC(=O)N1CC(Nc2cc(-c3cc(OC)ncn3)c[nH]c2=O)C1. The van der Waals surface area contributed by atoms with Crippen molar-refractivity contribution in [2.45, 2.75) is 6.04 Å². The molecular weight excluding hydrogens is 310 g/mol. The highest BCUT2D eigenvalue weighted by Crippen LogP contribution is 2.21. The standard InChI is InChI=1S/C16H17N5O3/c1-3-15(22)21-7-11(8-21)20-13-4-10(6-17-16(13)23)12-5-14(24-2)19-9-18-12/h3-6,9,11,20H,1,7-8H2,2H3,(H,17,23). The van der Waals surface area contributed by atoms with Crippen molar-refractivity contribution >= 4 is 11.6 Å². The third-order valence-corrected chi connectivity index (χ3v) is 3.78. The van der Waals surface area contributed by atoms with Crippen LogP contribution in [0, 0.1) is 0 Å². The number of nitrogens with one attached hydrogen (secondary N) is 2. The van der Waals surface area contributed by atoms with E-state index in [1.54, 1.807) is 23.2 Å². The Morgan fingerprint density at radius 2 is 2.25 bits per heavy atom. The molecule has 0 saturated carbocycles. The fourth-order valence-corrected chi connectivity index (χ4v) is 2.45. The van der Waals surface area contributed by atoms with Crippen LogP contribution in [0.3, 0.4) is 0 Å². The van der Waals surface area contributed by atoms with Crippen molar-refractivity contribution in [2.24, 2.45) is 0 Å². The predicted molar refractivity (Wildman–Crippen MR) is 88.8 cm³/mol. The summed E-state index contributed by atoms with van der Waals surface area (Å²) in [4.78, 5) is 35.9. The molecule has 1 fully saturated rings. The molecule has 1 amide bonds. The van der Waals surface area contributed by atoms with Crippen LogP contribution in [0.15, 0.2) is 42.1 Å². The number of hydrogen-bond acceptors (Lipinski definition) is 6. The summed E-state index contributed by atoms with van der Waals surface area (Å²) in [5.74, 6) is 0.335. The molecule has 0 bridgehead atoms. The molecule has 0 radical (unpaired) electrons. The maximum Gasteiger partial charge on any atom is 0.271 e. The summed E-state index contributed by atoms with van der Waals surface area (Å²) < 4.78 is 5.08. The number of aromatic nitrogens is 3. The van der Waals surface area contributed by atoms with E-state index in [0.717, 1.165) is 5.56 Å². The maximum atomic E-state index is 12.0. The average molecular weight is 327 g/mol. The van der Waals surface area contributed by atoms with Crippen LogP contribution in [0.1, 0.15) is 0 Å². The number of aromatic amines is 1. The lowest BCUT2D eigenvalue weighted by Crippen LogP contribution is -2.56. The van der Waals surface area contributed by atoms with Gasteiger partial charge in [0.15, 0.2) is 0 Å². The summed E-state index contributed by atoms with van der Waals surface area (Å²) in [7, 11) is 1.53. The summed E-state index contributed by atoms with van der Waals surface area (Å²) in [6.07, 6.45) is 4.27. The van der Waals surface area contributed by atoms with Crippen LogP contribution in [0.25, 0.3) is 11.3 Å². The number of nitrogens with zero attached hydrogens (tertiary/aromatic N) is 3. The van der Waals surface area contributed by atoms with Crippen LogP contribution < -0.4 is 15.6 Å². The molecule has 0 aliphatic carbocycles. The molecule has 124 valence electrons. The van der Waals surface area contributed by atoms with Gasteiger partial charge in [0.2, 0.25) is 11.8 Å². The van der Waals surface area contributed by atoms with E-state index in [9.17, 15) is 9.59 Å². The summed E-state index contributed by atoms with van der Waals surface area (Å²) in [6.45, 7) is 4.53. The summed E-state index contributed by atoms with van der Waals surface area (Å²) in [5, 5.41) is 3.15. The normalized spacial score (nSPS) is 14.0. The highest BCUT2D eigenvalue weighted by molar-refractivity contribution is 5.87. The molecule has 3 heterocycles. The van der Waals surface area contributed by atoms with Crippen molar-refractivity contribution in [3.63, 3.8) is 0 Å². The van der Waals surface area contributed by atoms with E-state index in [4.69, 9.17) is 4.74 Å². The smallest absolute Gasteiger partial charge is 0.271 e. The number of pyridine rings is 1. The number of methoxy groups -OCH3 is 1. The second-order valence-electron chi connectivity index (χ2n) is 5.37. The van der Waals surface area contributed by atoms with Gasteiger partial charge in [-0.1, -0.05) is 6.58 Å². The summed E-state index contributed by atoms with van der Waals surface area (Å²) >= 11 is 0. The minimum absolute atomic E-state index is 0.0326. The molecule has 1 aliphatic heterocycles. The van der Waals surface area contributed by atoms with Gasteiger partial charge in [0.05, 0.1) is 18.8 Å². The molecule has 0 spiro atoms. The second-order valence-corrected chi connectivity index (χ2v) is 5.37. The Morgan fingerprint density at radius 3 is 2.96 bits per heavy atom. The van der Waals surface area contributed by atoms with Gasteiger partial charge in [-0.25, -0.2) is 9.97 Å². The number of H-pyrrole nitrogens is 1. The average Bonchev–Trinajstić information content (AvgIpc) is 2.58. The van der Waals surface area contributed by atoms with Gasteiger partial charge in [0, 0.05) is 30.9 Å². The lowest BCUT2D eigenvalue weighted by Gasteiger charge is -2.39. The van der Waals surface area contributed by atoms with Crippen molar-refractivity contribution in [1.82, 2.24) is 19.9 Å². The van der Waals surface area contributed by atoms with Crippen molar-refractivity contribution in [3.05, 3.63) is 47.7 Å².